The summed E-state index contributed by atoms with van der Waals surface area (Å²) in [6, 6.07) is 17.2. The van der Waals surface area contributed by atoms with E-state index in [1.165, 1.54) is 12.1 Å². The minimum Gasteiger partial charge on any atom is -0.490 e. The van der Waals surface area contributed by atoms with Crippen LogP contribution in [0.15, 0.2) is 77.3 Å². The second-order valence-electron chi connectivity index (χ2n) is 9.06. The molecule has 1 fully saturated rings. The number of aromatic carboxylic acids is 2. The molecule has 210 valence electrons. The third kappa shape index (κ3) is 5.87. The molecule has 0 saturated carbocycles. The van der Waals surface area contributed by atoms with Gasteiger partial charge < -0.3 is 34.3 Å². The van der Waals surface area contributed by atoms with E-state index in [-0.39, 0.29) is 11.1 Å². The van der Waals surface area contributed by atoms with Crippen molar-refractivity contribution in [2.45, 2.75) is 12.1 Å². The number of carbonyl (C=O) groups is 2. The second kappa shape index (κ2) is 12.0. The van der Waals surface area contributed by atoms with Gasteiger partial charge in [-0.3, -0.25) is 4.98 Å². The summed E-state index contributed by atoms with van der Waals surface area (Å²) in [6.45, 7) is 0.752. The summed E-state index contributed by atoms with van der Waals surface area (Å²) >= 11 is 12.3. The first-order valence-corrected chi connectivity index (χ1v) is 13.2. The lowest BCUT2D eigenvalue weighted by Gasteiger charge is -2.26. The van der Waals surface area contributed by atoms with Gasteiger partial charge in [0.1, 0.15) is 29.9 Å². The highest BCUT2D eigenvalue weighted by atomic mass is 35.5. The zero-order valence-corrected chi connectivity index (χ0v) is 23.2. The Bertz CT molecular complexity index is 1580. The summed E-state index contributed by atoms with van der Waals surface area (Å²) in [4.78, 5) is 29.7. The molecule has 2 atom stereocenters. The number of hydrogen-bond acceptors (Lipinski definition) is 7. The first-order valence-electron chi connectivity index (χ1n) is 12.4. The maximum atomic E-state index is 11.6. The Morgan fingerprint density at radius 3 is 2.44 bits per heavy atom. The lowest BCUT2D eigenvalue weighted by molar-refractivity contribution is 0.0696. The van der Waals surface area contributed by atoms with Crippen molar-refractivity contribution in [1.29, 1.82) is 0 Å². The highest BCUT2D eigenvalue weighted by Crippen LogP contribution is 2.44. The van der Waals surface area contributed by atoms with E-state index in [9.17, 15) is 19.8 Å². The quantitative estimate of drug-likeness (QED) is 0.157. The number of hydrogen-bond donors (Lipinski definition) is 3. The maximum absolute atomic E-state index is 11.6. The molecule has 0 spiro atoms. The highest BCUT2D eigenvalue weighted by Gasteiger charge is 2.42. The van der Waals surface area contributed by atoms with Crippen molar-refractivity contribution in [2.24, 2.45) is 0 Å². The summed E-state index contributed by atoms with van der Waals surface area (Å²) in [5, 5.41) is 23.1. The largest absolute Gasteiger partial charge is 0.490 e. The molecule has 1 saturated heterocycles. The van der Waals surface area contributed by atoms with Crippen LogP contribution in [0.5, 0.6) is 5.75 Å². The molecule has 0 radical (unpaired) electrons. The van der Waals surface area contributed by atoms with Crippen molar-refractivity contribution in [3.63, 3.8) is 0 Å². The molecule has 1 aliphatic heterocycles. The molecule has 2 aromatic heterocycles. The van der Waals surface area contributed by atoms with Crippen molar-refractivity contribution >= 4 is 46.6 Å². The van der Waals surface area contributed by atoms with Gasteiger partial charge in [0, 0.05) is 24.6 Å². The van der Waals surface area contributed by atoms with Crippen molar-refractivity contribution < 1.29 is 33.7 Å². The number of carboxylic acids is 2. The van der Waals surface area contributed by atoms with Crippen LogP contribution in [0, 0.1) is 0 Å². The Balaban J connectivity index is 1.56. The Morgan fingerprint density at radius 1 is 1.05 bits per heavy atom. The smallest absolute Gasteiger partial charge is 0.335 e. The minimum absolute atomic E-state index is 0.169. The fraction of sp³-hybridized carbons (Fsp3) is 0.172. The molecule has 0 amide bonds. The number of anilines is 1. The zero-order chi connectivity index (χ0) is 29.1. The average molecular weight is 594 g/mol. The Labute approximate surface area is 245 Å². The van der Waals surface area contributed by atoms with Gasteiger partial charge in [0.25, 0.3) is 0 Å². The van der Waals surface area contributed by atoms with E-state index < -0.39 is 24.0 Å². The van der Waals surface area contributed by atoms with Gasteiger partial charge in [0.05, 0.1) is 34.5 Å². The molecule has 10 nitrogen and oxygen atoms in total. The molecule has 2 aromatic carbocycles. The van der Waals surface area contributed by atoms with E-state index in [2.05, 4.69) is 10.3 Å². The lowest BCUT2D eigenvalue weighted by atomic mass is 10.0. The molecular formula is C29H24ClN3O7S. The van der Waals surface area contributed by atoms with Crippen molar-refractivity contribution in [1.82, 2.24) is 10.3 Å². The molecule has 0 unspecified atom stereocenters. The van der Waals surface area contributed by atoms with Crippen LogP contribution in [-0.4, -0.2) is 52.6 Å². The lowest BCUT2D eigenvalue weighted by Crippen LogP contribution is -2.29. The van der Waals surface area contributed by atoms with E-state index in [0.717, 1.165) is 6.07 Å². The van der Waals surface area contributed by atoms with Crippen LogP contribution < -0.4 is 15.0 Å². The first-order chi connectivity index (χ1) is 19.8. The fourth-order valence-electron chi connectivity index (χ4n) is 4.60. The van der Waals surface area contributed by atoms with Crippen LogP contribution in [-0.2, 0) is 4.74 Å². The van der Waals surface area contributed by atoms with Crippen LogP contribution in [0.3, 0.4) is 0 Å². The number of carboxylic acid groups (broad SMARTS) is 2. The Hall–Kier alpha value is -4.45. The number of benzene rings is 2. The number of ether oxygens (including phenoxy) is 2. The van der Waals surface area contributed by atoms with E-state index in [1.807, 2.05) is 29.2 Å². The summed E-state index contributed by atoms with van der Waals surface area (Å²) in [6.07, 6.45) is 1.68. The summed E-state index contributed by atoms with van der Waals surface area (Å²) in [5.74, 6) is -1.23. The molecule has 5 rings (SSSR count). The van der Waals surface area contributed by atoms with E-state index in [4.69, 9.17) is 37.7 Å². The van der Waals surface area contributed by atoms with E-state index in [1.54, 1.807) is 37.6 Å². The number of rotatable bonds is 10. The number of pyridine rings is 1. The minimum atomic E-state index is -1.25. The van der Waals surface area contributed by atoms with Crippen LogP contribution in [0.1, 0.15) is 44.3 Å². The molecule has 41 heavy (non-hydrogen) atoms. The van der Waals surface area contributed by atoms with Gasteiger partial charge in [-0.1, -0.05) is 17.7 Å². The molecule has 1 aliphatic rings. The average Bonchev–Trinajstić information content (AvgIpc) is 3.59. The molecule has 3 heterocycles. The van der Waals surface area contributed by atoms with Gasteiger partial charge in [0.2, 0.25) is 0 Å². The number of halogens is 1. The highest BCUT2D eigenvalue weighted by molar-refractivity contribution is 7.80. The summed E-state index contributed by atoms with van der Waals surface area (Å²) < 4.78 is 17.0. The molecule has 3 N–H and O–H groups in total. The molecule has 0 aliphatic carbocycles. The molecular weight excluding hydrogens is 570 g/mol. The SMILES string of the molecule is COCCOc1ccc(N2C(=S)N[C@H](c3ccccn3)[C@H]2c2ccc(-c3cc(C(=O)O)cc(C(=O)O)c3)o2)cc1Cl. The number of thiocarbonyl (C=S) groups is 1. The summed E-state index contributed by atoms with van der Waals surface area (Å²) in [5.41, 5.74) is 1.36. The van der Waals surface area contributed by atoms with Crippen LogP contribution >= 0.6 is 23.8 Å². The fourth-order valence-corrected chi connectivity index (χ4v) is 5.17. The maximum Gasteiger partial charge on any atom is 0.335 e. The monoisotopic (exact) mass is 593 g/mol. The Morgan fingerprint density at radius 2 is 1.80 bits per heavy atom. The number of methoxy groups -OCH3 is 1. The molecule has 4 aromatic rings. The number of aromatic nitrogens is 1. The number of nitrogens with one attached hydrogen (secondary N) is 1. The van der Waals surface area contributed by atoms with Crippen LogP contribution in [0.25, 0.3) is 11.3 Å². The first kappa shape index (κ1) is 28.1. The van der Waals surface area contributed by atoms with Gasteiger partial charge in [-0.2, -0.15) is 0 Å². The number of furan rings is 1. The molecule has 0 bridgehead atoms. The Kier molecular flexibility index (Phi) is 8.20. The van der Waals surface area contributed by atoms with Gasteiger partial charge in [-0.15, -0.1) is 0 Å². The second-order valence-corrected chi connectivity index (χ2v) is 9.86. The van der Waals surface area contributed by atoms with Gasteiger partial charge in [-0.25, -0.2) is 9.59 Å². The van der Waals surface area contributed by atoms with Gasteiger partial charge in [-0.05, 0) is 72.9 Å². The van der Waals surface area contributed by atoms with Crippen molar-refractivity contribution in [3.8, 4) is 17.1 Å². The standard InChI is InChI=1S/C29H24ClN3O7S/c1-38-10-11-39-23-6-5-19(15-20(23)30)33-26(25(32-29(33)41)21-4-2-3-9-31-21)24-8-7-22(40-24)16-12-17(27(34)35)14-18(13-16)28(36)37/h2-9,12-15,25-26H,10-11H2,1H3,(H,32,41)(H,34,35)(H,36,37)/t25-,26-/m1/s1. The number of nitrogens with zero attached hydrogens (tertiary/aromatic N) is 2. The third-order valence-corrected chi connectivity index (χ3v) is 7.08. The third-order valence-electron chi connectivity index (χ3n) is 6.47. The predicted molar refractivity (Wildman–Crippen MR) is 155 cm³/mol. The normalized spacial score (nSPS) is 16.4. The van der Waals surface area contributed by atoms with Gasteiger partial charge in [0.15, 0.2) is 5.11 Å². The topological polar surface area (TPSA) is 134 Å². The van der Waals surface area contributed by atoms with Crippen molar-refractivity contribution in [3.05, 3.63) is 101 Å². The predicted octanol–water partition coefficient (Wildman–Crippen LogP) is 5.59. The van der Waals surface area contributed by atoms with E-state index >= 15 is 0 Å². The molecule has 12 heteroatoms. The van der Waals surface area contributed by atoms with Crippen LogP contribution in [0.4, 0.5) is 5.69 Å². The summed E-state index contributed by atoms with van der Waals surface area (Å²) in [7, 11) is 1.58. The van der Waals surface area contributed by atoms with Gasteiger partial charge >= 0.3 is 11.9 Å². The van der Waals surface area contributed by atoms with Crippen molar-refractivity contribution in [2.75, 3.05) is 25.2 Å². The van der Waals surface area contributed by atoms with E-state index in [0.29, 0.717) is 57.6 Å². The van der Waals surface area contributed by atoms with Crippen LogP contribution in [0.2, 0.25) is 5.02 Å². The zero-order valence-electron chi connectivity index (χ0n) is 21.6.